The van der Waals surface area contributed by atoms with Crippen LogP contribution in [0.2, 0.25) is 0 Å². The van der Waals surface area contributed by atoms with Crippen LogP contribution in [0.4, 0.5) is 0 Å². The maximum absolute atomic E-state index is 11.0. The van der Waals surface area contributed by atoms with Crippen LogP contribution in [0.15, 0.2) is 52.9 Å². The Morgan fingerprint density at radius 1 is 1.05 bits per heavy atom. The zero-order chi connectivity index (χ0) is 14.1. The molecule has 1 aromatic carbocycles. The molecule has 0 saturated carbocycles. The molecule has 2 aliphatic rings. The summed E-state index contributed by atoms with van der Waals surface area (Å²) in [5.41, 5.74) is 2.46. The molecule has 0 spiro atoms. The van der Waals surface area contributed by atoms with Crippen molar-refractivity contribution >= 4 is 5.97 Å². The zero-order valence-corrected chi connectivity index (χ0v) is 10.5. The number of hydrogen-bond acceptors (Lipinski definition) is 3. The molecule has 0 radical (unpaired) electrons. The second kappa shape index (κ2) is 4.74. The van der Waals surface area contributed by atoms with Crippen LogP contribution in [0.5, 0.6) is 5.75 Å². The number of fused-ring (bicyclic) bond motifs is 1. The van der Waals surface area contributed by atoms with Crippen molar-refractivity contribution in [2.24, 2.45) is 0 Å². The van der Waals surface area contributed by atoms with Crippen LogP contribution >= 0.6 is 0 Å². The summed E-state index contributed by atoms with van der Waals surface area (Å²) in [6.45, 7) is 0. The van der Waals surface area contributed by atoms with Crippen molar-refractivity contribution in [3.8, 4) is 28.2 Å². The summed E-state index contributed by atoms with van der Waals surface area (Å²) >= 11 is 0. The highest BCUT2D eigenvalue weighted by Gasteiger charge is 2.16. The molecule has 4 nitrogen and oxygen atoms in total. The monoisotopic (exact) mass is 268 g/mol. The van der Waals surface area contributed by atoms with E-state index in [1.807, 2.05) is 18.2 Å². The third-order valence-corrected chi connectivity index (χ3v) is 3.13. The number of aliphatic carboxylic acids is 1. The van der Waals surface area contributed by atoms with Gasteiger partial charge in [-0.15, -0.1) is 0 Å². The summed E-state index contributed by atoms with van der Waals surface area (Å²) in [6, 6.07) is 14.1. The number of carboxylic acid groups (broad SMARTS) is 1. The van der Waals surface area contributed by atoms with Gasteiger partial charge < -0.3 is 14.6 Å². The maximum atomic E-state index is 11.0. The Kier molecular flexibility index (Phi) is 2.91. The number of hydrogen-bond donors (Lipinski definition) is 2. The van der Waals surface area contributed by atoms with E-state index in [9.17, 15) is 9.90 Å². The second-order valence-corrected chi connectivity index (χ2v) is 4.55. The van der Waals surface area contributed by atoms with Crippen molar-refractivity contribution < 1.29 is 19.4 Å². The van der Waals surface area contributed by atoms with Crippen LogP contribution in [-0.4, -0.2) is 16.2 Å². The molecular formula is C16H12O4. The van der Waals surface area contributed by atoms with Crippen molar-refractivity contribution in [3.63, 3.8) is 0 Å². The normalized spacial score (nSPS) is 10.8. The molecule has 0 unspecified atom stereocenters. The topological polar surface area (TPSA) is 70.7 Å². The Balaban J connectivity index is 2.18. The standard InChI is InChI=1S/C16H12O4/c17-12-6-4-10(5-7-12)13-8-11-2-1-3-14(11)20-15(13)9-16(18)19/h1-8,17H,9H2,(H,18,19). The van der Waals surface area contributed by atoms with Gasteiger partial charge in [0.1, 0.15) is 23.7 Å². The highest BCUT2D eigenvalue weighted by molar-refractivity contribution is 5.78. The van der Waals surface area contributed by atoms with Gasteiger partial charge in [-0.1, -0.05) is 24.3 Å². The van der Waals surface area contributed by atoms with Gasteiger partial charge in [-0.2, -0.15) is 0 Å². The van der Waals surface area contributed by atoms with Crippen LogP contribution in [-0.2, 0) is 11.2 Å². The first kappa shape index (κ1) is 12.3. The molecule has 0 saturated heterocycles. The maximum Gasteiger partial charge on any atom is 0.311 e. The molecule has 1 heterocycles. The van der Waals surface area contributed by atoms with E-state index in [4.69, 9.17) is 9.52 Å². The molecular weight excluding hydrogens is 256 g/mol. The average Bonchev–Trinajstić information content (AvgIpc) is 2.85. The highest BCUT2D eigenvalue weighted by Crippen LogP contribution is 2.34. The molecule has 2 N–H and O–H groups in total. The fourth-order valence-corrected chi connectivity index (χ4v) is 2.21. The summed E-state index contributed by atoms with van der Waals surface area (Å²) in [4.78, 5) is 11.0. The number of aromatic hydroxyl groups is 1. The minimum atomic E-state index is -0.945. The van der Waals surface area contributed by atoms with Crippen molar-refractivity contribution in [2.45, 2.75) is 6.42 Å². The summed E-state index contributed by atoms with van der Waals surface area (Å²) in [5.74, 6) is 0.296. The van der Waals surface area contributed by atoms with Gasteiger partial charge in [-0.05, 0) is 29.8 Å². The van der Waals surface area contributed by atoms with E-state index in [1.54, 1.807) is 30.3 Å². The fourth-order valence-electron chi connectivity index (χ4n) is 2.21. The third-order valence-electron chi connectivity index (χ3n) is 3.13. The third kappa shape index (κ3) is 2.23. The average molecular weight is 268 g/mol. The van der Waals surface area contributed by atoms with E-state index in [0.29, 0.717) is 11.5 Å². The molecule has 1 aromatic rings. The predicted octanol–water partition coefficient (Wildman–Crippen LogP) is 3.38. The van der Waals surface area contributed by atoms with Gasteiger partial charge in [-0.25, -0.2) is 0 Å². The summed E-state index contributed by atoms with van der Waals surface area (Å²) in [6.07, 6.45) is -0.183. The number of phenols is 1. The number of benzene rings is 1. The predicted molar refractivity (Wildman–Crippen MR) is 73.8 cm³/mol. The Bertz CT molecular complexity index is 725. The first-order chi connectivity index (χ1) is 9.63. The Labute approximate surface area is 115 Å². The Morgan fingerprint density at radius 2 is 1.80 bits per heavy atom. The molecule has 0 aromatic heterocycles. The molecule has 1 aliphatic heterocycles. The Morgan fingerprint density at radius 3 is 2.50 bits per heavy atom. The van der Waals surface area contributed by atoms with Gasteiger partial charge in [-0.3, -0.25) is 4.79 Å². The Hall–Kier alpha value is -2.75. The number of phenolic OH excluding ortho intramolecular Hbond substituents is 1. The molecule has 20 heavy (non-hydrogen) atoms. The van der Waals surface area contributed by atoms with Gasteiger partial charge in [0.2, 0.25) is 0 Å². The molecule has 1 aliphatic carbocycles. The van der Waals surface area contributed by atoms with Crippen LogP contribution in [0, 0.1) is 0 Å². The lowest BCUT2D eigenvalue weighted by molar-refractivity contribution is -0.136. The van der Waals surface area contributed by atoms with E-state index in [-0.39, 0.29) is 12.2 Å². The van der Waals surface area contributed by atoms with Crippen molar-refractivity contribution in [1.29, 1.82) is 0 Å². The second-order valence-electron chi connectivity index (χ2n) is 4.55. The van der Waals surface area contributed by atoms with Crippen molar-refractivity contribution in [1.82, 2.24) is 0 Å². The summed E-state index contributed by atoms with van der Waals surface area (Å²) in [7, 11) is 0. The van der Waals surface area contributed by atoms with Crippen LogP contribution in [0.25, 0.3) is 22.5 Å². The van der Waals surface area contributed by atoms with E-state index >= 15 is 0 Å². The highest BCUT2D eigenvalue weighted by atomic mass is 16.4. The molecule has 0 atom stereocenters. The lowest BCUT2D eigenvalue weighted by atomic mass is 10.0. The molecule has 0 amide bonds. The zero-order valence-electron chi connectivity index (χ0n) is 10.5. The van der Waals surface area contributed by atoms with E-state index in [2.05, 4.69) is 0 Å². The van der Waals surface area contributed by atoms with E-state index in [1.165, 1.54) is 0 Å². The smallest absolute Gasteiger partial charge is 0.311 e. The number of rotatable bonds is 3. The fraction of sp³-hybridized carbons (Fsp3) is 0.0625. The summed E-state index contributed by atoms with van der Waals surface area (Å²) in [5, 5.41) is 18.3. The number of carbonyl (C=O) groups is 1. The van der Waals surface area contributed by atoms with Crippen LogP contribution in [0.1, 0.15) is 5.76 Å². The molecule has 4 heteroatoms. The molecule has 0 fully saturated rings. The first-order valence-electron chi connectivity index (χ1n) is 6.16. The molecule has 100 valence electrons. The molecule has 3 rings (SSSR count). The van der Waals surface area contributed by atoms with Gasteiger partial charge in [0.15, 0.2) is 0 Å². The van der Waals surface area contributed by atoms with Gasteiger partial charge in [0.25, 0.3) is 0 Å². The first-order valence-corrected chi connectivity index (χ1v) is 6.16. The molecule has 0 bridgehead atoms. The largest absolute Gasteiger partial charge is 0.508 e. The summed E-state index contributed by atoms with van der Waals surface area (Å²) < 4.78 is 5.69. The minimum absolute atomic E-state index is 0.167. The lowest BCUT2D eigenvalue weighted by Gasteiger charge is -2.11. The number of carboxylic acids is 1. The lowest BCUT2D eigenvalue weighted by Crippen LogP contribution is -2.02. The van der Waals surface area contributed by atoms with E-state index < -0.39 is 5.97 Å². The quantitative estimate of drug-likeness (QED) is 0.763. The van der Waals surface area contributed by atoms with Gasteiger partial charge >= 0.3 is 5.97 Å². The SMILES string of the molecule is O=C(O)Cc1oc2cccc-2cc1-c1ccc(O)cc1. The van der Waals surface area contributed by atoms with Crippen LogP contribution in [0.3, 0.4) is 0 Å². The van der Waals surface area contributed by atoms with E-state index in [0.717, 1.165) is 16.7 Å². The minimum Gasteiger partial charge on any atom is -0.508 e. The van der Waals surface area contributed by atoms with Gasteiger partial charge in [0.05, 0.1) is 0 Å². The van der Waals surface area contributed by atoms with Crippen molar-refractivity contribution in [2.75, 3.05) is 0 Å². The van der Waals surface area contributed by atoms with Gasteiger partial charge in [0, 0.05) is 11.1 Å². The van der Waals surface area contributed by atoms with Crippen molar-refractivity contribution in [3.05, 3.63) is 54.3 Å². The van der Waals surface area contributed by atoms with Crippen LogP contribution < -0.4 is 0 Å².